The van der Waals surface area contributed by atoms with E-state index in [9.17, 15) is 0 Å². The summed E-state index contributed by atoms with van der Waals surface area (Å²) >= 11 is 0. The van der Waals surface area contributed by atoms with Gasteiger partial charge in [0.2, 0.25) is 0 Å². The van der Waals surface area contributed by atoms with Crippen LogP contribution in [0.1, 0.15) is 83.1 Å². The third-order valence-corrected chi connectivity index (χ3v) is 6.12. The van der Waals surface area contributed by atoms with Crippen molar-refractivity contribution < 1.29 is 0 Å². The molecule has 0 atom stereocenters. The minimum atomic E-state index is 0.255. The molecule has 0 heterocycles. The summed E-state index contributed by atoms with van der Waals surface area (Å²) in [6, 6.07) is 0. The zero-order chi connectivity index (χ0) is 14.5. The second kappa shape index (κ2) is 4.00. The Morgan fingerprint density at radius 2 is 0.588 bits per heavy atom. The van der Waals surface area contributed by atoms with Crippen molar-refractivity contribution in [2.45, 2.75) is 83.1 Å². The smallest absolute Gasteiger partial charge is 0.0172 e. The van der Waals surface area contributed by atoms with Crippen molar-refractivity contribution >= 4 is 0 Å². The van der Waals surface area contributed by atoms with E-state index in [1.54, 1.807) is 0 Å². The zero-order valence-corrected chi connectivity index (χ0v) is 14.5. The number of rotatable bonds is 1. The molecule has 0 saturated carbocycles. The van der Waals surface area contributed by atoms with Crippen LogP contribution in [-0.2, 0) is 0 Å². The van der Waals surface area contributed by atoms with Gasteiger partial charge in [-0.25, -0.2) is 0 Å². The van der Waals surface area contributed by atoms with E-state index in [1.807, 2.05) is 0 Å². The maximum Gasteiger partial charge on any atom is -0.0172 e. The van der Waals surface area contributed by atoms with Gasteiger partial charge in [-0.05, 0) is 27.1 Å². The maximum absolute atomic E-state index is 2.48. The first-order valence-electron chi connectivity index (χ1n) is 7.00. The van der Waals surface area contributed by atoms with Crippen molar-refractivity contribution in [1.29, 1.82) is 0 Å². The minimum absolute atomic E-state index is 0.255. The lowest BCUT2D eigenvalue weighted by atomic mass is 9.40. The van der Waals surface area contributed by atoms with E-state index in [-0.39, 0.29) is 21.7 Å². The Hall–Kier alpha value is 0. The molecule has 0 aliphatic heterocycles. The van der Waals surface area contributed by atoms with Gasteiger partial charge < -0.3 is 0 Å². The van der Waals surface area contributed by atoms with Gasteiger partial charge in [-0.2, -0.15) is 0 Å². The van der Waals surface area contributed by atoms with E-state index in [0.717, 1.165) is 0 Å². The van der Waals surface area contributed by atoms with Crippen LogP contribution in [0.15, 0.2) is 0 Å². The predicted octanol–water partition coefficient (Wildman–Crippen LogP) is 6.16. The van der Waals surface area contributed by atoms with Gasteiger partial charge in [-0.1, -0.05) is 83.1 Å². The lowest BCUT2D eigenvalue weighted by Crippen LogP contribution is -2.58. The van der Waals surface area contributed by atoms with E-state index in [0.29, 0.717) is 5.41 Å². The fourth-order valence-corrected chi connectivity index (χ4v) is 3.75. The lowest BCUT2D eigenvalue weighted by Gasteiger charge is -2.64. The molecule has 0 amide bonds. The third kappa shape index (κ3) is 2.42. The zero-order valence-electron chi connectivity index (χ0n) is 14.5. The molecule has 0 aromatic rings. The van der Waals surface area contributed by atoms with Crippen molar-refractivity contribution in [3.63, 3.8) is 0 Å². The minimum Gasteiger partial charge on any atom is -0.0596 e. The van der Waals surface area contributed by atoms with Gasteiger partial charge in [-0.15, -0.1) is 0 Å². The van der Waals surface area contributed by atoms with Crippen molar-refractivity contribution in [2.75, 3.05) is 0 Å². The molecule has 0 aromatic heterocycles. The Morgan fingerprint density at radius 1 is 0.353 bits per heavy atom. The van der Waals surface area contributed by atoms with Gasteiger partial charge in [0.05, 0.1) is 0 Å². The molecule has 0 heteroatoms. The molecule has 0 aliphatic rings. The SMILES string of the molecule is CC(C)(C)C(C)(C)C(C)(C(C)(C)C)C(C)(C)C. The van der Waals surface area contributed by atoms with E-state index in [4.69, 9.17) is 0 Å². The summed E-state index contributed by atoms with van der Waals surface area (Å²) in [5.74, 6) is 0. The molecule has 104 valence electrons. The van der Waals surface area contributed by atoms with Gasteiger partial charge in [-0.3, -0.25) is 0 Å². The second-order valence-corrected chi connectivity index (χ2v) is 9.50. The normalized spacial score (nSPS) is 16.2. The second-order valence-electron chi connectivity index (χ2n) is 9.50. The van der Waals surface area contributed by atoms with Crippen molar-refractivity contribution in [1.82, 2.24) is 0 Å². The molecule has 0 radical (unpaired) electrons. The molecule has 0 N–H and O–H groups in total. The average Bonchev–Trinajstić information content (AvgIpc) is 1.95. The fourth-order valence-electron chi connectivity index (χ4n) is 3.75. The molecule has 0 spiro atoms. The molecule has 0 fully saturated rings. The molecule has 0 unspecified atom stereocenters. The molecule has 0 aromatic carbocycles. The van der Waals surface area contributed by atoms with Gasteiger partial charge in [0, 0.05) is 0 Å². The molecule has 0 bridgehead atoms. The Kier molecular flexibility index (Phi) is 4.00. The highest BCUT2D eigenvalue weighted by molar-refractivity contribution is 5.07. The topological polar surface area (TPSA) is 0 Å². The molecule has 0 rings (SSSR count). The first-order valence-corrected chi connectivity index (χ1v) is 7.00. The Balaban J connectivity index is 6.04. The van der Waals surface area contributed by atoms with Crippen LogP contribution >= 0.6 is 0 Å². The number of hydrogen-bond acceptors (Lipinski definition) is 0. The van der Waals surface area contributed by atoms with E-state index >= 15 is 0 Å². The first kappa shape index (κ1) is 17.0. The van der Waals surface area contributed by atoms with Crippen molar-refractivity contribution in [3.8, 4) is 0 Å². The average molecular weight is 240 g/mol. The van der Waals surface area contributed by atoms with Crippen LogP contribution in [0.2, 0.25) is 0 Å². The Labute approximate surface area is 111 Å². The van der Waals surface area contributed by atoms with E-state index < -0.39 is 0 Å². The van der Waals surface area contributed by atoms with E-state index in [2.05, 4.69) is 83.1 Å². The van der Waals surface area contributed by atoms with Crippen molar-refractivity contribution in [2.24, 2.45) is 27.1 Å². The quantitative estimate of drug-likeness (QED) is 0.515. The van der Waals surface area contributed by atoms with Crippen LogP contribution in [0.25, 0.3) is 0 Å². The van der Waals surface area contributed by atoms with Crippen LogP contribution in [0.3, 0.4) is 0 Å². The standard InChI is InChI=1S/C17H36/c1-13(2,3)16(10,11)17(12,14(4,5)6)15(7,8)9/h1-12H3. The molecular formula is C17H36. The summed E-state index contributed by atoms with van der Waals surface area (Å²) in [4.78, 5) is 0. The maximum atomic E-state index is 2.48. The highest BCUT2D eigenvalue weighted by Crippen LogP contribution is 2.66. The van der Waals surface area contributed by atoms with Crippen LogP contribution in [0.4, 0.5) is 0 Å². The monoisotopic (exact) mass is 240 g/mol. The predicted molar refractivity (Wildman–Crippen MR) is 80.3 cm³/mol. The summed E-state index contributed by atoms with van der Waals surface area (Å²) in [6.07, 6.45) is 0. The van der Waals surface area contributed by atoms with E-state index in [1.165, 1.54) is 0 Å². The molecule has 0 saturated heterocycles. The molecule has 0 nitrogen and oxygen atoms in total. The summed E-state index contributed by atoms with van der Waals surface area (Å²) in [5, 5.41) is 0. The van der Waals surface area contributed by atoms with Crippen LogP contribution < -0.4 is 0 Å². The van der Waals surface area contributed by atoms with Crippen LogP contribution in [0, 0.1) is 27.1 Å². The molecular weight excluding hydrogens is 204 g/mol. The fraction of sp³-hybridized carbons (Fsp3) is 1.00. The summed E-state index contributed by atoms with van der Waals surface area (Å²) in [5.41, 5.74) is 1.37. The summed E-state index contributed by atoms with van der Waals surface area (Å²) < 4.78 is 0. The van der Waals surface area contributed by atoms with Gasteiger partial charge in [0.1, 0.15) is 0 Å². The van der Waals surface area contributed by atoms with Gasteiger partial charge >= 0.3 is 0 Å². The van der Waals surface area contributed by atoms with Gasteiger partial charge in [0.15, 0.2) is 0 Å². The largest absolute Gasteiger partial charge is 0.0596 e. The van der Waals surface area contributed by atoms with Crippen LogP contribution in [0.5, 0.6) is 0 Å². The molecule has 17 heavy (non-hydrogen) atoms. The van der Waals surface area contributed by atoms with Gasteiger partial charge in [0.25, 0.3) is 0 Å². The summed E-state index contributed by atoms with van der Waals surface area (Å²) in [6.45, 7) is 28.9. The summed E-state index contributed by atoms with van der Waals surface area (Å²) in [7, 11) is 0. The highest BCUT2D eigenvalue weighted by atomic mass is 14.6. The lowest BCUT2D eigenvalue weighted by molar-refractivity contribution is -0.160. The third-order valence-electron chi connectivity index (χ3n) is 6.12. The Morgan fingerprint density at radius 3 is 0.647 bits per heavy atom. The molecule has 0 aliphatic carbocycles. The highest BCUT2D eigenvalue weighted by Gasteiger charge is 2.59. The number of hydrogen-bond donors (Lipinski definition) is 0. The van der Waals surface area contributed by atoms with Crippen LogP contribution in [-0.4, -0.2) is 0 Å². The first-order chi connectivity index (χ1) is 7.00. The van der Waals surface area contributed by atoms with Crippen molar-refractivity contribution in [3.05, 3.63) is 0 Å². The Bertz CT molecular complexity index is 246.